The fourth-order valence-electron chi connectivity index (χ4n) is 1.78. The zero-order valence-electron chi connectivity index (χ0n) is 10.1. The molecule has 0 saturated carbocycles. The number of nitrogens with one attached hydrogen (secondary N) is 2. The maximum absolute atomic E-state index is 12.0. The lowest BCUT2D eigenvalue weighted by Gasteiger charge is -2.23. The van der Waals surface area contributed by atoms with Crippen molar-refractivity contribution < 1.29 is 8.42 Å². The van der Waals surface area contributed by atoms with E-state index in [0.29, 0.717) is 12.2 Å². The van der Waals surface area contributed by atoms with Gasteiger partial charge >= 0.3 is 0 Å². The van der Waals surface area contributed by atoms with E-state index in [-0.39, 0.29) is 23.6 Å². The number of piperidine rings is 1. The summed E-state index contributed by atoms with van der Waals surface area (Å²) in [6, 6.07) is 1.60. The van der Waals surface area contributed by atoms with E-state index in [1.807, 2.05) is 0 Å². The Hall–Kier alpha value is -0.760. The summed E-state index contributed by atoms with van der Waals surface area (Å²) in [5.74, 6) is 0. The minimum atomic E-state index is -3.59. The molecule has 0 amide bonds. The van der Waals surface area contributed by atoms with Gasteiger partial charge in [-0.15, -0.1) is 12.4 Å². The molecule has 1 aromatic rings. The van der Waals surface area contributed by atoms with E-state index < -0.39 is 10.0 Å². The van der Waals surface area contributed by atoms with Gasteiger partial charge in [-0.25, -0.2) is 23.1 Å². The average molecular weight is 293 g/mol. The number of nitrogens with zero attached hydrogens (tertiary/aromatic N) is 2. The van der Waals surface area contributed by atoms with Crippen molar-refractivity contribution in [1.29, 1.82) is 0 Å². The monoisotopic (exact) mass is 292 g/mol. The molecule has 2 rings (SSSR count). The number of hydrogen-bond acceptors (Lipinski definition) is 5. The summed E-state index contributed by atoms with van der Waals surface area (Å²) in [6.45, 7) is 3.34. The van der Waals surface area contributed by atoms with Crippen molar-refractivity contribution in [3.05, 3.63) is 18.0 Å². The van der Waals surface area contributed by atoms with Crippen molar-refractivity contribution in [2.75, 3.05) is 13.1 Å². The topological polar surface area (TPSA) is 84.0 Å². The van der Waals surface area contributed by atoms with Crippen LogP contribution in [0.5, 0.6) is 0 Å². The van der Waals surface area contributed by atoms with Crippen molar-refractivity contribution in [1.82, 2.24) is 20.0 Å². The fraction of sp³-hybridized carbons (Fsp3) is 0.600. The lowest BCUT2D eigenvalue weighted by atomic mass is 10.1. The number of aryl methyl sites for hydroxylation is 1. The molecule has 1 aliphatic heterocycles. The molecule has 1 saturated heterocycles. The summed E-state index contributed by atoms with van der Waals surface area (Å²) in [7, 11) is -3.59. The Labute approximate surface area is 113 Å². The Balaban J connectivity index is 0.00000162. The minimum Gasteiger partial charge on any atom is -0.315 e. The number of sulfonamides is 1. The lowest BCUT2D eigenvalue weighted by molar-refractivity contribution is 0.427. The number of halogens is 1. The third-order valence-electron chi connectivity index (χ3n) is 2.63. The van der Waals surface area contributed by atoms with Crippen molar-refractivity contribution in [3.63, 3.8) is 0 Å². The van der Waals surface area contributed by atoms with E-state index in [2.05, 4.69) is 20.0 Å². The smallest absolute Gasteiger partial charge is 0.276 e. The van der Waals surface area contributed by atoms with Crippen LogP contribution in [0.1, 0.15) is 18.5 Å². The molecule has 6 nitrogen and oxygen atoms in total. The van der Waals surface area contributed by atoms with Gasteiger partial charge in [0.1, 0.15) is 0 Å². The van der Waals surface area contributed by atoms with E-state index >= 15 is 0 Å². The molecule has 0 spiro atoms. The lowest BCUT2D eigenvalue weighted by Crippen LogP contribution is -2.45. The first-order valence-corrected chi connectivity index (χ1v) is 7.09. The molecule has 0 radical (unpaired) electrons. The first-order chi connectivity index (χ1) is 8.08. The SMILES string of the molecule is Cc1ccnc(S(=O)(=O)NC2CCCNC2)n1.Cl. The zero-order valence-corrected chi connectivity index (χ0v) is 11.7. The van der Waals surface area contributed by atoms with Crippen LogP contribution in [0.15, 0.2) is 17.4 Å². The Bertz CT molecular complexity index is 488. The normalized spacial score (nSPS) is 20.2. The second-order valence-corrected chi connectivity index (χ2v) is 5.75. The van der Waals surface area contributed by atoms with Crippen molar-refractivity contribution in [2.45, 2.75) is 31.0 Å². The van der Waals surface area contributed by atoms with Crippen LogP contribution in [-0.4, -0.2) is 37.5 Å². The Morgan fingerprint density at radius 2 is 2.28 bits per heavy atom. The number of hydrogen-bond donors (Lipinski definition) is 2. The summed E-state index contributed by atoms with van der Waals surface area (Å²) in [6.07, 6.45) is 3.27. The van der Waals surface area contributed by atoms with E-state index in [1.165, 1.54) is 6.20 Å². The second kappa shape index (κ2) is 6.42. The second-order valence-electron chi connectivity index (χ2n) is 4.15. The quantitative estimate of drug-likeness (QED) is 0.780. The molecule has 18 heavy (non-hydrogen) atoms. The zero-order chi connectivity index (χ0) is 12.3. The maximum Gasteiger partial charge on any atom is 0.276 e. The standard InChI is InChI=1S/C10H16N4O2S.ClH/c1-8-4-6-12-10(13-8)17(15,16)14-9-3-2-5-11-7-9;/h4,6,9,11,14H,2-3,5,7H2,1H3;1H. The van der Waals surface area contributed by atoms with Crippen LogP contribution in [0.3, 0.4) is 0 Å². The predicted octanol–water partition coefficient (Wildman–Crippen LogP) is 0.237. The van der Waals surface area contributed by atoms with Gasteiger partial charge in [0.15, 0.2) is 0 Å². The molecular formula is C10H17ClN4O2S. The van der Waals surface area contributed by atoms with Crippen molar-refractivity contribution in [2.24, 2.45) is 0 Å². The van der Waals surface area contributed by atoms with E-state index in [0.717, 1.165) is 19.4 Å². The number of aromatic nitrogens is 2. The van der Waals surface area contributed by atoms with Gasteiger partial charge in [0, 0.05) is 24.5 Å². The molecule has 2 N–H and O–H groups in total. The Morgan fingerprint density at radius 3 is 2.89 bits per heavy atom. The van der Waals surface area contributed by atoms with Crippen molar-refractivity contribution in [3.8, 4) is 0 Å². The molecule has 0 aromatic carbocycles. The van der Waals surface area contributed by atoms with Gasteiger partial charge in [-0.3, -0.25) is 0 Å². The van der Waals surface area contributed by atoms with Gasteiger partial charge in [-0.1, -0.05) is 0 Å². The van der Waals surface area contributed by atoms with Crippen LogP contribution in [0.2, 0.25) is 0 Å². The molecule has 8 heteroatoms. The summed E-state index contributed by atoms with van der Waals surface area (Å²) in [4.78, 5) is 7.72. The van der Waals surface area contributed by atoms with E-state index in [9.17, 15) is 8.42 Å². The first kappa shape index (κ1) is 15.3. The highest BCUT2D eigenvalue weighted by atomic mass is 35.5. The van der Waals surface area contributed by atoms with Crippen LogP contribution >= 0.6 is 12.4 Å². The van der Waals surface area contributed by atoms with Crippen molar-refractivity contribution >= 4 is 22.4 Å². The Kier molecular flexibility index (Phi) is 5.46. The van der Waals surface area contributed by atoms with E-state index in [4.69, 9.17) is 0 Å². The van der Waals surface area contributed by atoms with Crippen LogP contribution < -0.4 is 10.0 Å². The third kappa shape index (κ3) is 3.88. The van der Waals surface area contributed by atoms with Gasteiger partial charge in [-0.2, -0.15) is 0 Å². The van der Waals surface area contributed by atoms with Gasteiger partial charge in [0.05, 0.1) is 0 Å². The minimum absolute atomic E-state index is 0. The summed E-state index contributed by atoms with van der Waals surface area (Å²) in [5.41, 5.74) is 0.641. The average Bonchev–Trinajstić information content (AvgIpc) is 2.30. The summed E-state index contributed by atoms with van der Waals surface area (Å²) < 4.78 is 26.6. The molecule has 102 valence electrons. The highest BCUT2D eigenvalue weighted by Gasteiger charge is 2.23. The van der Waals surface area contributed by atoms with Crippen LogP contribution in [-0.2, 0) is 10.0 Å². The molecule has 1 aromatic heterocycles. The van der Waals surface area contributed by atoms with Crippen LogP contribution in [0, 0.1) is 6.92 Å². The van der Waals surface area contributed by atoms with Gasteiger partial charge in [0.25, 0.3) is 15.2 Å². The molecular weight excluding hydrogens is 276 g/mol. The first-order valence-electron chi connectivity index (χ1n) is 5.60. The number of rotatable bonds is 3. The van der Waals surface area contributed by atoms with Crippen LogP contribution in [0.4, 0.5) is 0 Å². The fourth-order valence-corrected chi connectivity index (χ4v) is 2.99. The summed E-state index contributed by atoms with van der Waals surface area (Å²) in [5, 5.41) is 3.00. The highest BCUT2D eigenvalue weighted by Crippen LogP contribution is 2.07. The molecule has 0 bridgehead atoms. The predicted molar refractivity (Wildman–Crippen MR) is 70.2 cm³/mol. The van der Waals surface area contributed by atoms with Crippen LogP contribution in [0.25, 0.3) is 0 Å². The van der Waals surface area contributed by atoms with Gasteiger partial charge < -0.3 is 5.32 Å². The molecule has 1 unspecified atom stereocenters. The van der Waals surface area contributed by atoms with E-state index in [1.54, 1.807) is 13.0 Å². The molecule has 1 fully saturated rings. The molecule has 0 aliphatic carbocycles. The largest absolute Gasteiger partial charge is 0.315 e. The molecule has 2 heterocycles. The molecule has 1 atom stereocenters. The Morgan fingerprint density at radius 1 is 1.50 bits per heavy atom. The van der Waals surface area contributed by atoms with Gasteiger partial charge in [0.2, 0.25) is 0 Å². The molecule has 1 aliphatic rings. The highest BCUT2D eigenvalue weighted by molar-refractivity contribution is 7.89. The third-order valence-corrected chi connectivity index (χ3v) is 3.95. The maximum atomic E-state index is 12.0. The summed E-state index contributed by atoms with van der Waals surface area (Å²) >= 11 is 0. The van der Waals surface area contributed by atoms with Gasteiger partial charge in [-0.05, 0) is 32.4 Å².